The van der Waals surface area contributed by atoms with Gasteiger partial charge in [-0.1, -0.05) is 11.6 Å². The normalized spacial score (nSPS) is 21.1. The first-order chi connectivity index (χ1) is 15.5. The van der Waals surface area contributed by atoms with E-state index in [1.807, 2.05) is 51.8 Å². The number of halogens is 1. The number of carbonyl (C=O) groups excluding carboxylic acids is 2. The summed E-state index contributed by atoms with van der Waals surface area (Å²) in [6, 6.07) is 5.32. The zero-order valence-electron chi connectivity index (χ0n) is 19.7. The minimum Gasteiger partial charge on any atom is -0.444 e. The third-order valence-corrected chi connectivity index (χ3v) is 7.05. The smallest absolute Gasteiger partial charge is 0.410 e. The molecule has 1 atom stereocenters. The molecule has 8 heteroatoms. The summed E-state index contributed by atoms with van der Waals surface area (Å²) in [6.07, 6.45) is 3.39. The predicted molar refractivity (Wildman–Crippen MR) is 128 cm³/mol. The van der Waals surface area contributed by atoms with Crippen molar-refractivity contribution in [1.29, 1.82) is 0 Å². The molecule has 174 valence electrons. The van der Waals surface area contributed by atoms with Gasteiger partial charge >= 0.3 is 6.09 Å². The highest BCUT2D eigenvalue weighted by Gasteiger charge is 2.54. The van der Waals surface area contributed by atoms with E-state index in [0.29, 0.717) is 23.7 Å². The fraction of sp³-hybridized carbons (Fsp3) is 0.480. The van der Waals surface area contributed by atoms with Crippen LogP contribution in [0.1, 0.15) is 55.2 Å². The van der Waals surface area contributed by atoms with Crippen molar-refractivity contribution in [1.82, 2.24) is 9.88 Å². The Morgan fingerprint density at radius 2 is 1.82 bits per heavy atom. The van der Waals surface area contributed by atoms with Gasteiger partial charge in [-0.2, -0.15) is 0 Å². The monoisotopic (exact) mass is 468 g/mol. The third kappa shape index (κ3) is 3.62. The van der Waals surface area contributed by atoms with Gasteiger partial charge in [0.1, 0.15) is 5.60 Å². The minimum absolute atomic E-state index is 0.0247. The van der Waals surface area contributed by atoms with E-state index in [9.17, 15) is 9.59 Å². The van der Waals surface area contributed by atoms with E-state index in [0.717, 1.165) is 35.6 Å². The number of anilines is 2. The van der Waals surface area contributed by atoms with Crippen LogP contribution in [-0.4, -0.2) is 53.7 Å². The molecule has 1 unspecified atom stereocenters. The van der Waals surface area contributed by atoms with Crippen LogP contribution in [0.3, 0.4) is 0 Å². The Morgan fingerprint density at radius 3 is 2.48 bits per heavy atom. The maximum atomic E-state index is 13.2. The summed E-state index contributed by atoms with van der Waals surface area (Å²) in [5.74, 6) is -0.0247. The Morgan fingerprint density at radius 1 is 1.15 bits per heavy atom. The molecular weight excluding hydrogens is 440 g/mol. The van der Waals surface area contributed by atoms with Gasteiger partial charge in [0.2, 0.25) is 0 Å². The van der Waals surface area contributed by atoms with Crippen LogP contribution in [0.5, 0.6) is 0 Å². The summed E-state index contributed by atoms with van der Waals surface area (Å²) in [6.45, 7) is 12.8. The summed E-state index contributed by atoms with van der Waals surface area (Å²) in [5.41, 5.74) is 4.15. The first-order valence-electron chi connectivity index (χ1n) is 11.3. The standard InChI is InChI=1S/C25H29ClN4O3/c1-15-20(28-11-25(12-28)13-29(14-25)23(32)33-24(3,4)5)9-27-10-21(15)30-16(2)19-8-17(26)6-7-18(19)22(30)31/h6-10,16H,11-14H2,1-5H3. The zero-order valence-corrected chi connectivity index (χ0v) is 20.4. The van der Waals surface area contributed by atoms with Crippen LogP contribution in [0.4, 0.5) is 16.2 Å². The van der Waals surface area contributed by atoms with Crippen LogP contribution in [0.25, 0.3) is 0 Å². The van der Waals surface area contributed by atoms with E-state index in [-0.39, 0.29) is 23.5 Å². The van der Waals surface area contributed by atoms with Gasteiger partial charge in [0.15, 0.2) is 0 Å². The van der Waals surface area contributed by atoms with Crippen molar-refractivity contribution in [3.05, 3.63) is 52.3 Å². The summed E-state index contributed by atoms with van der Waals surface area (Å²) in [7, 11) is 0. The van der Waals surface area contributed by atoms with Crippen LogP contribution in [0.2, 0.25) is 5.02 Å². The molecule has 0 N–H and O–H groups in total. The van der Waals surface area contributed by atoms with Gasteiger partial charge in [0.25, 0.3) is 5.91 Å². The van der Waals surface area contributed by atoms with Crippen LogP contribution < -0.4 is 9.80 Å². The molecule has 0 aliphatic carbocycles. The molecule has 0 bridgehead atoms. The fourth-order valence-corrected chi connectivity index (χ4v) is 5.44. The SMILES string of the molecule is Cc1c(N2CC3(CN(C(=O)OC(C)(C)C)C3)C2)cncc1N1C(=O)c2ccc(Cl)cc2C1C. The van der Waals surface area contributed by atoms with Crippen LogP contribution in [-0.2, 0) is 4.74 Å². The number of amides is 2. The van der Waals surface area contributed by atoms with E-state index < -0.39 is 5.60 Å². The lowest BCUT2D eigenvalue weighted by Crippen LogP contribution is -2.73. The lowest BCUT2D eigenvalue weighted by atomic mass is 9.72. The quantitative estimate of drug-likeness (QED) is 0.632. The highest BCUT2D eigenvalue weighted by molar-refractivity contribution is 6.31. The van der Waals surface area contributed by atoms with Crippen LogP contribution >= 0.6 is 11.6 Å². The summed E-state index contributed by atoms with van der Waals surface area (Å²) in [4.78, 5) is 35.8. The average Bonchev–Trinajstić information content (AvgIpc) is 2.89. The second-order valence-electron chi connectivity index (χ2n) is 10.6. The van der Waals surface area contributed by atoms with Crippen molar-refractivity contribution < 1.29 is 14.3 Å². The van der Waals surface area contributed by atoms with E-state index in [4.69, 9.17) is 16.3 Å². The topological polar surface area (TPSA) is 66.0 Å². The first-order valence-corrected chi connectivity index (χ1v) is 11.7. The molecule has 0 radical (unpaired) electrons. The molecule has 1 aromatic heterocycles. The van der Waals surface area contributed by atoms with Gasteiger partial charge in [-0.05, 0) is 63.9 Å². The highest BCUT2D eigenvalue weighted by atomic mass is 35.5. The molecule has 0 saturated carbocycles. The van der Waals surface area contributed by atoms with Crippen molar-refractivity contribution in [3.63, 3.8) is 0 Å². The molecule has 1 spiro atoms. The minimum atomic E-state index is -0.482. The molecule has 3 aliphatic heterocycles. The van der Waals surface area contributed by atoms with E-state index in [1.54, 1.807) is 23.2 Å². The number of hydrogen-bond donors (Lipinski definition) is 0. The second kappa shape index (κ2) is 7.35. The van der Waals surface area contributed by atoms with E-state index in [2.05, 4.69) is 9.88 Å². The van der Waals surface area contributed by atoms with Gasteiger partial charge < -0.3 is 14.5 Å². The van der Waals surface area contributed by atoms with Gasteiger partial charge in [-0.25, -0.2) is 4.79 Å². The third-order valence-electron chi connectivity index (χ3n) is 6.82. The largest absolute Gasteiger partial charge is 0.444 e. The number of aromatic nitrogens is 1. The zero-order chi connectivity index (χ0) is 23.7. The fourth-order valence-electron chi connectivity index (χ4n) is 5.25. The van der Waals surface area contributed by atoms with Crippen molar-refractivity contribution in [2.75, 3.05) is 36.0 Å². The summed E-state index contributed by atoms with van der Waals surface area (Å²) >= 11 is 6.18. The maximum Gasteiger partial charge on any atom is 0.410 e. The van der Waals surface area contributed by atoms with Crippen molar-refractivity contribution >= 4 is 35.0 Å². The number of pyridine rings is 1. The molecule has 5 rings (SSSR count). The first kappa shape index (κ1) is 22.0. The number of fused-ring (bicyclic) bond motifs is 1. The summed E-state index contributed by atoms with van der Waals surface area (Å²) in [5, 5.41) is 0.630. The number of rotatable bonds is 2. The Balaban J connectivity index is 1.30. The number of ether oxygens (including phenoxy) is 1. The lowest BCUT2D eigenvalue weighted by Gasteiger charge is -2.60. The molecule has 2 amide bonds. The molecule has 4 heterocycles. The van der Waals surface area contributed by atoms with Gasteiger partial charge in [0.05, 0.1) is 29.8 Å². The Kier molecular flexibility index (Phi) is 4.90. The molecule has 1 aromatic carbocycles. The Labute approximate surface area is 199 Å². The molecule has 2 aromatic rings. The van der Waals surface area contributed by atoms with Crippen molar-refractivity contribution in [3.8, 4) is 0 Å². The second-order valence-corrected chi connectivity index (χ2v) is 11.0. The average molecular weight is 469 g/mol. The number of likely N-dealkylation sites (tertiary alicyclic amines) is 1. The summed E-state index contributed by atoms with van der Waals surface area (Å²) < 4.78 is 5.48. The molecule has 3 aliphatic rings. The van der Waals surface area contributed by atoms with Gasteiger partial charge in [-0.3, -0.25) is 14.7 Å². The number of nitrogens with zero attached hydrogens (tertiary/aromatic N) is 4. The van der Waals surface area contributed by atoms with Crippen molar-refractivity contribution in [2.45, 2.75) is 46.3 Å². The van der Waals surface area contributed by atoms with Gasteiger partial charge in [0, 0.05) is 42.2 Å². The van der Waals surface area contributed by atoms with E-state index in [1.165, 1.54) is 0 Å². The van der Waals surface area contributed by atoms with Crippen LogP contribution in [0.15, 0.2) is 30.6 Å². The molecule has 2 fully saturated rings. The Bertz CT molecular complexity index is 1140. The van der Waals surface area contributed by atoms with Crippen molar-refractivity contribution in [2.24, 2.45) is 5.41 Å². The molecule has 7 nitrogen and oxygen atoms in total. The molecule has 33 heavy (non-hydrogen) atoms. The van der Waals surface area contributed by atoms with E-state index >= 15 is 0 Å². The maximum absolute atomic E-state index is 13.2. The number of benzene rings is 1. The highest BCUT2D eigenvalue weighted by Crippen LogP contribution is 2.46. The number of carbonyl (C=O) groups is 2. The lowest BCUT2D eigenvalue weighted by molar-refractivity contribution is -0.0453. The number of hydrogen-bond acceptors (Lipinski definition) is 5. The van der Waals surface area contributed by atoms with Gasteiger partial charge in [-0.15, -0.1) is 0 Å². The predicted octanol–water partition coefficient (Wildman–Crippen LogP) is 4.82. The molecule has 2 saturated heterocycles. The van der Waals surface area contributed by atoms with Crippen LogP contribution in [0, 0.1) is 12.3 Å². The molecular formula is C25H29ClN4O3. The Hall–Kier alpha value is -2.80.